The van der Waals surface area contributed by atoms with Crippen molar-refractivity contribution in [3.63, 3.8) is 0 Å². The molecule has 0 unspecified atom stereocenters. The van der Waals surface area contributed by atoms with Crippen molar-refractivity contribution in [2.45, 2.75) is 38.7 Å². The van der Waals surface area contributed by atoms with Gasteiger partial charge in [0.05, 0.1) is 0 Å². The van der Waals surface area contributed by atoms with Crippen molar-refractivity contribution in [3.05, 3.63) is 71.8 Å². The van der Waals surface area contributed by atoms with Gasteiger partial charge >= 0.3 is 0 Å². The summed E-state index contributed by atoms with van der Waals surface area (Å²) < 4.78 is 6.12. The lowest BCUT2D eigenvalue weighted by molar-refractivity contribution is -0.143. The van der Waals surface area contributed by atoms with E-state index >= 15 is 0 Å². The number of carbonyl (C=O) groups excluding carboxylic acids is 2. The fourth-order valence-electron chi connectivity index (χ4n) is 4.08. The third-order valence-electron chi connectivity index (χ3n) is 6.00. The fourth-order valence-corrected chi connectivity index (χ4v) is 4.08. The Kier molecular flexibility index (Phi) is 8.65. The maximum Gasteiger partial charge on any atom is 0.248 e. The van der Waals surface area contributed by atoms with Gasteiger partial charge < -0.3 is 14.5 Å². The molecule has 31 heavy (non-hydrogen) atoms. The molecule has 1 heterocycles. The Morgan fingerprint density at radius 2 is 1.55 bits per heavy atom. The summed E-state index contributed by atoms with van der Waals surface area (Å²) in [6.45, 7) is 4.19. The Morgan fingerprint density at radius 3 is 2.06 bits per heavy atom. The SMILES string of the molecule is CCCCN(C)C(=O)C1CCN(C(=O)COC(c2ccccc2)c2ccccc2)CC1. The molecular weight excluding hydrogens is 388 g/mol. The van der Waals surface area contributed by atoms with Crippen LogP contribution in [-0.4, -0.2) is 54.9 Å². The number of unbranched alkanes of at least 4 members (excludes halogenated alkanes) is 1. The Balaban J connectivity index is 1.54. The van der Waals surface area contributed by atoms with Crippen LogP contribution in [0.2, 0.25) is 0 Å². The van der Waals surface area contributed by atoms with Gasteiger partial charge in [-0.3, -0.25) is 9.59 Å². The van der Waals surface area contributed by atoms with E-state index in [-0.39, 0.29) is 30.4 Å². The number of rotatable bonds is 9. The zero-order chi connectivity index (χ0) is 22.1. The maximum atomic E-state index is 12.8. The molecule has 166 valence electrons. The Labute approximate surface area is 186 Å². The largest absolute Gasteiger partial charge is 0.359 e. The maximum absolute atomic E-state index is 12.8. The lowest BCUT2D eigenvalue weighted by Crippen LogP contribution is -2.44. The van der Waals surface area contributed by atoms with Gasteiger partial charge in [-0.15, -0.1) is 0 Å². The minimum Gasteiger partial charge on any atom is -0.359 e. The number of amides is 2. The van der Waals surface area contributed by atoms with Gasteiger partial charge in [0.2, 0.25) is 11.8 Å². The van der Waals surface area contributed by atoms with E-state index in [0.717, 1.165) is 43.4 Å². The number of piperidine rings is 1. The molecule has 1 fully saturated rings. The molecule has 0 aliphatic carbocycles. The number of ether oxygens (including phenoxy) is 1. The molecule has 2 aromatic rings. The molecule has 0 radical (unpaired) electrons. The second kappa shape index (κ2) is 11.7. The summed E-state index contributed by atoms with van der Waals surface area (Å²) in [5.41, 5.74) is 2.06. The third-order valence-corrected chi connectivity index (χ3v) is 6.00. The first-order valence-electron chi connectivity index (χ1n) is 11.3. The van der Waals surface area contributed by atoms with Crippen LogP contribution in [0.4, 0.5) is 0 Å². The second-order valence-electron chi connectivity index (χ2n) is 8.28. The average Bonchev–Trinajstić information content (AvgIpc) is 2.83. The summed E-state index contributed by atoms with van der Waals surface area (Å²) >= 11 is 0. The highest BCUT2D eigenvalue weighted by Crippen LogP contribution is 2.26. The Bertz CT molecular complexity index is 778. The van der Waals surface area contributed by atoms with E-state index in [1.807, 2.05) is 77.5 Å². The lowest BCUT2D eigenvalue weighted by Gasteiger charge is -2.33. The van der Waals surface area contributed by atoms with E-state index in [0.29, 0.717) is 13.1 Å². The van der Waals surface area contributed by atoms with E-state index < -0.39 is 0 Å². The highest BCUT2D eigenvalue weighted by Gasteiger charge is 2.29. The van der Waals surface area contributed by atoms with Gasteiger partial charge in [0, 0.05) is 32.6 Å². The molecule has 0 spiro atoms. The Hall–Kier alpha value is -2.66. The minimum atomic E-state index is -0.280. The number of nitrogens with zero attached hydrogens (tertiary/aromatic N) is 2. The number of carbonyl (C=O) groups is 2. The summed E-state index contributed by atoms with van der Waals surface area (Å²) in [6, 6.07) is 20.0. The van der Waals surface area contributed by atoms with E-state index in [1.54, 1.807) is 0 Å². The van der Waals surface area contributed by atoms with Crippen molar-refractivity contribution < 1.29 is 14.3 Å². The zero-order valence-electron chi connectivity index (χ0n) is 18.7. The van der Waals surface area contributed by atoms with Crippen molar-refractivity contribution in [2.24, 2.45) is 5.92 Å². The van der Waals surface area contributed by atoms with Gasteiger partial charge in [0.1, 0.15) is 12.7 Å². The van der Waals surface area contributed by atoms with Crippen LogP contribution < -0.4 is 0 Å². The van der Waals surface area contributed by atoms with Crippen molar-refractivity contribution in [2.75, 3.05) is 33.3 Å². The molecule has 0 aromatic heterocycles. The molecule has 2 aromatic carbocycles. The quantitative estimate of drug-likeness (QED) is 0.606. The molecule has 3 rings (SSSR count). The van der Waals surface area contributed by atoms with Gasteiger partial charge in [0.15, 0.2) is 0 Å². The summed E-state index contributed by atoms with van der Waals surface area (Å²) in [4.78, 5) is 29.1. The van der Waals surface area contributed by atoms with Crippen LogP contribution in [0.5, 0.6) is 0 Å². The molecule has 0 atom stereocenters. The molecule has 0 N–H and O–H groups in total. The number of likely N-dealkylation sites (tertiary alicyclic amines) is 1. The van der Waals surface area contributed by atoms with Crippen LogP contribution in [0.1, 0.15) is 49.8 Å². The van der Waals surface area contributed by atoms with Gasteiger partial charge in [-0.1, -0.05) is 74.0 Å². The third kappa shape index (κ3) is 6.41. The van der Waals surface area contributed by atoms with Gasteiger partial charge in [-0.25, -0.2) is 0 Å². The first-order chi connectivity index (χ1) is 15.1. The van der Waals surface area contributed by atoms with E-state index in [4.69, 9.17) is 4.74 Å². The van der Waals surface area contributed by atoms with Crippen molar-refractivity contribution in [1.82, 2.24) is 9.80 Å². The summed E-state index contributed by atoms with van der Waals surface area (Å²) in [6.07, 6.45) is 3.28. The van der Waals surface area contributed by atoms with Gasteiger partial charge in [-0.2, -0.15) is 0 Å². The number of hydrogen-bond acceptors (Lipinski definition) is 3. The predicted molar refractivity (Wildman–Crippen MR) is 123 cm³/mol. The van der Waals surface area contributed by atoms with E-state index in [1.165, 1.54) is 0 Å². The van der Waals surface area contributed by atoms with E-state index in [2.05, 4.69) is 6.92 Å². The molecular formula is C26H34N2O3. The molecule has 2 amide bonds. The van der Waals surface area contributed by atoms with Crippen molar-refractivity contribution in [3.8, 4) is 0 Å². The van der Waals surface area contributed by atoms with Crippen LogP contribution in [0.15, 0.2) is 60.7 Å². The first kappa shape index (κ1) is 23.0. The van der Waals surface area contributed by atoms with Crippen LogP contribution in [0, 0.1) is 5.92 Å². The van der Waals surface area contributed by atoms with Crippen LogP contribution in [0.25, 0.3) is 0 Å². The molecule has 1 saturated heterocycles. The average molecular weight is 423 g/mol. The molecule has 1 aliphatic rings. The van der Waals surface area contributed by atoms with Crippen LogP contribution >= 0.6 is 0 Å². The highest BCUT2D eigenvalue weighted by molar-refractivity contribution is 5.80. The first-order valence-corrected chi connectivity index (χ1v) is 11.3. The van der Waals surface area contributed by atoms with Crippen LogP contribution in [0.3, 0.4) is 0 Å². The molecule has 5 heteroatoms. The number of hydrogen-bond donors (Lipinski definition) is 0. The van der Waals surface area contributed by atoms with Gasteiger partial charge in [-0.05, 0) is 30.4 Å². The van der Waals surface area contributed by atoms with Gasteiger partial charge in [0.25, 0.3) is 0 Å². The van der Waals surface area contributed by atoms with Crippen molar-refractivity contribution >= 4 is 11.8 Å². The molecule has 0 saturated carbocycles. The van der Waals surface area contributed by atoms with Crippen LogP contribution in [-0.2, 0) is 14.3 Å². The highest BCUT2D eigenvalue weighted by atomic mass is 16.5. The lowest BCUT2D eigenvalue weighted by atomic mass is 9.95. The predicted octanol–water partition coefficient (Wildman–Crippen LogP) is 4.29. The molecule has 1 aliphatic heterocycles. The normalized spacial score (nSPS) is 14.6. The number of benzene rings is 2. The van der Waals surface area contributed by atoms with Crippen molar-refractivity contribution in [1.29, 1.82) is 0 Å². The summed E-state index contributed by atoms with van der Waals surface area (Å²) in [7, 11) is 1.89. The minimum absolute atomic E-state index is 0.0119. The standard InChI is InChI=1S/C26H34N2O3/c1-3-4-17-27(2)26(30)23-15-18-28(19-16-23)24(29)20-31-25(21-11-7-5-8-12-21)22-13-9-6-10-14-22/h5-14,23,25H,3-4,15-20H2,1-2H3. The summed E-state index contributed by atoms with van der Waals surface area (Å²) in [5.74, 6) is 0.223. The Morgan fingerprint density at radius 1 is 1.00 bits per heavy atom. The monoisotopic (exact) mass is 422 g/mol. The zero-order valence-corrected chi connectivity index (χ0v) is 18.7. The topological polar surface area (TPSA) is 49.9 Å². The summed E-state index contributed by atoms with van der Waals surface area (Å²) in [5, 5.41) is 0. The second-order valence-corrected chi connectivity index (χ2v) is 8.28. The molecule has 0 bridgehead atoms. The smallest absolute Gasteiger partial charge is 0.248 e. The van der Waals surface area contributed by atoms with E-state index in [9.17, 15) is 9.59 Å². The fraction of sp³-hybridized carbons (Fsp3) is 0.462. The molecule has 5 nitrogen and oxygen atoms in total.